The molecule has 36 heavy (non-hydrogen) atoms. The molecule has 0 aromatic heterocycles. The van der Waals surface area contributed by atoms with E-state index in [0.29, 0.717) is 0 Å². The number of carbonyl (C=O) groups excluding carboxylic acids is 1. The summed E-state index contributed by atoms with van der Waals surface area (Å²) < 4.78 is 12.4. The summed E-state index contributed by atoms with van der Waals surface area (Å²) in [7, 11) is -0.627. The Morgan fingerprint density at radius 2 is 1.42 bits per heavy atom. The summed E-state index contributed by atoms with van der Waals surface area (Å²) >= 11 is 0. The number of hydrogen-bond acceptors (Lipinski definition) is 4. The fourth-order valence-electron chi connectivity index (χ4n) is 5.90. The predicted octanol–water partition coefficient (Wildman–Crippen LogP) is 6.60. The van der Waals surface area contributed by atoms with Crippen molar-refractivity contribution in [1.82, 2.24) is 4.90 Å². The van der Waals surface area contributed by atoms with Crippen LogP contribution in [0.1, 0.15) is 43.9 Å². The molecule has 2 atom stereocenters. The molecule has 0 amide bonds. The minimum atomic E-state index is -2.12. The summed E-state index contributed by atoms with van der Waals surface area (Å²) in [6.45, 7) is 12.0. The Bertz CT molecular complexity index is 1220. The second-order valence-corrected chi connectivity index (χ2v) is 16.3. The third kappa shape index (κ3) is 3.68. The van der Waals surface area contributed by atoms with Crippen LogP contribution in [0.5, 0.6) is 0 Å². The average Bonchev–Trinajstić information content (AvgIpc) is 3.40. The molecular weight excluding hydrogens is 462 g/mol. The van der Waals surface area contributed by atoms with Crippen LogP contribution in [-0.2, 0) is 19.5 Å². The summed E-state index contributed by atoms with van der Waals surface area (Å²) in [6.07, 6.45) is 0.560. The molecule has 1 aliphatic heterocycles. The normalized spacial score (nSPS) is 21.2. The van der Waals surface area contributed by atoms with Gasteiger partial charge < -0.3 is 9.16 Å². The molecular formula is C31H37NO3Si. The first kappa shape index (κ1) is 24.9. The smallest absolute Gasteiger partial charge is 0.325 e. The van der Waals surface area contributed by atoms with Crippen molar-refractivity contribution in [1.29, 1.82) is 0 Å². The monoisotopic (exact) mass is 499 g/mol. The Balaban J connectivity index is 1.74. The molecule has 3 aromatic carbocycles. The number of likely N-dealkylation sites (tertiary alicyclic amines) is 1. The number of benzene rings is 3. The van der Waals surface area contributed by atoms with Crippen LogP contribution < -0.4 is 0 Å². The van der Waals surface area contributed by atoms with E-state index in [0.717, 1.165) is 18.5 Å². The van der Waals surface area contributed by atoms with E-state index in [9.17, 15) is 4.79 Å². The van der Waals surface area contributed by atoms with Gasteiger partial charge in [-0.3, -0.25) is 9.69 Å². The molecule has 1 fully saturated rings. The average molecular weight is 500 g/mol. The van der Waals surface area contributed by atoms with Gasteiger partial charge in [0, 0.05) is 6.54 Å². The fourth-order valence-corrected chi connectivity index (χ4v) is 7.25. The molecule has 5 rings (SSSR count). The first-order chi connectivity index (χ1) is 17.1. The van der Waals surface area contributed by atoms with Crippen LogP contribution in [-0.4, -0.2) is 45.0 Å². The van der Waals surface area contributed by atoms with Gasteiger partial charge in [-0.05, 0) is 52.4 Å². The highest BCUT2D eigenvalue weighted by atomic mass is 28.4. The van der Waals surface area contributed by atoms with Gasteiger partial charge in [0.2, 0.25) is 0 Å². The molecule has 0 spiro atoms. The van der Waals surface area contributed by atoms with Crippen LogP contribution in [0.3, 0.4) is 0 Å². The Hall–Kier alpha value is -2.73. The molecule has 0 N–H and O–H groups in total. The lowest BCUT2D eigenvalue weighted by Crippen LogP contribution is -2.56. The molecule has 188 valence electrons. The van der Waals surface area contributed by atoms with Gasteiger partial charge in [0.05, 0.1) is 18.8 Å². The van der Waals surface area contributed by atoms with Crippen molar-refractivity contribution in [2.24, 2.45) is 0 Å². The molecule has 1 heterocycles. The third-order valence-electron chi connectivity index (χ3n) is 8.58. The molecule has 0 bridgehead atoms. The standard InChI is InChI=1S/C31H37NO3Si/c1-30(2,3)36(5,6)35-27-20-21-32(28(27)29(33)34-4)31(22-14-8-7-9-15-22)25-18-12-10-16-23(25)24-17-11-13-19-26(24)31/h7-19,27-28H,20-21H2,1-6H3/t27-,28-/m0/s1. The SMILES string of the molecule is COC(=O)[C@@H]1[C@@H](O[Si](C)(C)C(C)(C)C)CCN1C1(c2ccccc2)c2ccccc2-c2ccccc21. The van der Waals surface area contributed by atoms with Gasteiger partial charge in [0.25, 0.3) is 0 Å². The summed E-state index contributed by atoms with van der Waals surface area (Å²) in [5.41, 5.74) is 5.39. The first-order valence-electron chi connectivity index (χ1n) is 12.9. The van der Waals surface area contributed by atoms with E-state index in [1.54, 1.807) is 0 Å². The minimum absolute atomic E-state index is 0.0464. The van der Waals surface area contributed by atoms with Gasteiger partial charge in [0.15, 0.2) is 8.32 Å². The van der Waals surface area contributed by atoms with Crippen LogP contribution in [0, 0.1) is 0 Å². The summed E-state index contributed by atoms with van der Waals surface area (Å²) in [4.78, 5) is 16.0. The zero-order valence-electron chi connectivity index (χ0n) is 22.2. The Kier molecular flexibility index (Phi) is 6.22. The van der Waals surface area contributed by atoms with E-state index in [4.69, 9.17) is 9.16 Å². The van der Waals surface area contributed by atoms with E-state index in [2.05, 4.69) is 118 Å². The van der Waals surface area contributed by atoms with Gasteiger partial charge in [0.1, 0.15) is 6.04 Å². The fraction of sp³-hybridized carbons (Fsp3) is 0.387. The summed E-state index contributed by atoms with van der Waals surface area (Å²) in [5.74, 6) is -0.228. The highest BCUT2D eigenvalue weighted by Crippen LogP contribution is 2.56. The van der Waals surface area contributed by atoms with Crippen LogP contribution >= 0.6 is 0 Å². The van der Waals surface area contributed by atoms with Crippen molar-refractivity contribution >= 4 is 14.3 Å². The number of nitrogens with zero attached hydrogens (tertiary/aromatic N) is 1. The lowest BCUT2D eigenvalue weighted by molar-refractivity contribution is -0.150. The summed E-state index contributed by atoms with van der Waals surface area (Å²) in [6, 6.07) is 27.4. The topological polar surface area (TPSA) is 38.8 Å². The molecule has 0 radical (unpaired) electrons. The van der Waals surface area contributed by atoms with E-state index >= 15 is 0 Å². The second kappa shape index (κ2) is 8.98. The van der Waals surface area contributed by atoms with Gasteiger partial charge in [-0.2, -0.15) is 0 Å². The number of ether oxygens (including phenoxy) is 1. The zero-order valence-corrected chi connectivity index (χ0v) is 23.2. The Morgan fingerprint density at radius 1 is 0.889 bits per heavy atom. The van der Waals surface area contributed by atoms with E-state index < -0.39 is 19.9 Å². The van der Waals surface area contributed by atoms with Crippen molar-refractivity contribution in [3.8, 4) is 11.1 Å². The number of fused-ring (bicyclic) bond motifs is 3. The predicted molar refractivity (Wildman–Crippen MR) is 147 cm³/mol. The zero-order chi connectivity index (χ0) is 25.7. The number of rotatable bonds is 5. The number of methoxy groups -OCH3 is 1. The molecule has 4 nitrogen and oxygen atoms in total. The largest absolute Gasteiger partial charge is 0.468 e. The lowest BCUT2D eigenvalue weighted by Gasteiger charge is -2.45. The quantitative estimate of drug-likeness (QED) is 0.293. The first-order valence-corrected chi connectivity index (χ1v) is 15.8. The van der Waals surface area contributed by atoms with E-state index in [1.807, 2.05) is 0 Å². The van der Waals surface area contributed by atoms with Gasteiger partial charge in [-0.15, -0.1) is 0 Å². The van der Waals surface area contributed by atoms with E-state index in [1.165, 1.54) is 29.4 Å². The van der Waals surface area contributed by atoms with Crippen LogP contribution in [0.25, 0.3) is 11.1 Å². The van der Waals surface area contributed by atoms with Gasteiger partial charge in [-0.25, -0.2) is 0 Å². The number of hydrogen-bond donors (Lipinski definition) is 0. The number of esters is 1. The maximum absolute atomic E-state index is 13.6. The van der Waals surface area contributed by atoms with Crippen molar-refractivity contribution < 1.29 is 14.0 Å². The van der Waals surface area contributed by atoms with Crippen molar-refractivity contribution in [2.75, 3.05) is 13.7 Å². The van der Waals surface area contributed by atoms with Gasteiger partial charge >= 0.3 is 5.97 Å². The Labute approximate surface area is 216 Å². The molecule has 0 unspecified atom stereocenters. The van der Waals surface area contributed by atoms with Crippen molar-refractivity contribution in [2.45, 2.75) is 63.0 Å². The molecule has 1 saturated heterocycles. The highest BCUT2D eigenvalue weighted by molar-refractivity contribution is 6.74. The number of carbonyl (C=O) groups is 1. The van der Waals surface area contributed by atoms with Crippen molar-refractivity contribution in [3.63, 3.8) is 0 Å². The maximum atomic E-state index is 13.6. The van der Waals surface area contributed by atoms with Crippen LogP contribution in [0.2, 0.25) is 18.1 Å². The molecule has 1 aliphatic carbocycles. The van der Waals surface area contributed by atoms with Crippen LogP contribution in [0.4, 0.5) is 0 Å². The summed E-state index contributed by atoms with van der Waals surface area (Å²) in [5, 5.41) is 0.0464. The molecule has 2 aliphatic rings. The molecule has 5 heteroatoms. The molecule has 0 saturated carbocycles. The van der Waals surface area contributed by atoms with Gasteiger partial charge in [-0.1, -0.05) is 99.6 Å². The Morgan fingerprint density at radius 3 is 1.94 bits per heavy atom. The second-order valence-electron chi connectivity index (χ2n) is 11.5. The third-order valence-corrected chi connectivity index (χ3v) is 13.1. The van der Waals surface area contributed by atoms with E-state index in [-0.39, 0.29) is 17.1 Å². The van der Waals surface area contributed by atoms with Crippen molar-refractivity contribution in [3.05, 3.63) is 95.6 Å². The maximum Gasteiger partial charge on any atom is 0.325 e. The highest BCUT2D eigenvalue weighted by Gasteiger charge is 2.57. The molecule has 3 aromatic rings. The minimum Gasteiger partial charge on any atom is -0.468 e. The lowest BCUT2D eigenvalue weighted by atomic mass is 9.78. The van der Waals surface area contributed by atoms with Crippen LogP contribution in [0.15, 0.2) is 78.9 Å².